The molecule has 3 amide bonds. The molecule has 4 fully saturated rings. The van der Waals surface area contributed by atoms with Crippen LogP contribution in [0.4, 0.5) is 25.8 Å². The Morgan fingerprint density at radius 2 is 0.974 bits per heavy atom. The van der Waals surface area contributed by atoms with Gasteiger partial charge in [-0.1, -0.05) is 114 Å². The highest BCUT2D eigenvalue weighted by atomic mass is 16.5. The number of fused-ring (bicyclic) bond motifs is 12. The Bertz CT molecular complexity index is 5270. The lowest BCUT2D eigenvalue weighted by atomic mass is 9.81. The van der Waals surface area contributed by atoms with Crippen molar-refractivity contribution in [2.75, 3.05) is 34.5 Å². The van der Waals surface area contributed by atoms with Crippen molar-refractivity contribution in [3.63, 3.8) is 0 Å². The first-order valence-corrected chi connectivity index (χ1v) is 40.8. The number of carbonyl (C=O) groups is 6. The molecule has 4 aliphatic heterocycles. The second kappa shape index (κ2) is 32.9. The Morgan fingerprint density at radius 1 is 0.491 bits per heavy atom. The lowest BCUT2D eigenvalue weighted by molar-refractivity contribution is -0.127. The van der Waals surface area contributed by atoms with Crippen molar-refractivity contribution in [1.29, 1.82) is 0 Å². The molecule has 3 unspecified atom stereocenters. The summed E-state index contributed by atoms with van der Waals surface area (Å²) in [4.78, 5) is 106. The summed E-state index contributed by atoms with van der Waals surface area (Å²) < 4.78 is 39.7. The van der Waals surface area contributed by atoms with Crippen molar-refractivity contribution < 1.29 is 61.9 Å². The number of benzene rings is 7. The summed E-state index contributed by atoms with van der Waals surface area (Å²) in [6, 6.07) is 37.4. The Labute approximate surface area is 664 Å². The first-order valence-electron chi connectivity index (χ1n) is 40.8. The molecule has 114 heavy (non-hydrogen) atoms. The number of Topliss-reactive ketones (excluding diaryl/α,β-unsaturated/α-hetero) is 3. The van der Waals surface area contributed by atoms with E-state index in [1.54, 1.807) is 0 Å². The van der Waals surface area contributed by atoms with Gasteiger partial charge in [0.05, 0.1) is 80.8 Å². The van der Waals surface area contributed by atoms with Crippen molar-refractivity contribution in [1.82, 2.24) is 35.9 Å². The highest BCUT2D eigenvalue weighted by Gasteiger charge is 2.48. The second-order valence-corrected chi connectivity index (χ2v) is 32.6. The lowest BCUT2D eigenvalue weighted by Crippen LogP contribution is -2.48. The largest absolute Gasteiger partial charge is 0.488 e. The average molecular weight is 1540 g/mol. The topological polar surface area (TPSA) is 285 Å². The van der Waals surface area contributed by atoms with Gasteiger partial charge in [-0.25, -0.2) is 24.4 Å². The van der Waals surface area contributed by atoms with Crippen LogP contribution < -0.4 is 25.4 Å². The number of nitrogens with one attached hydrogen (secondary N) is 5. The molecule has 592 valence electrons. The maximum atomic E-state index is 14.2. The molecule has 17 rings (SSSR count). The van der Waals surface area contributed by atoms with Gasteiger partial charge in [0.1, 0.15) is 42.4 Å². The van der Waals surface area contributed by atoms with Crippen LogP contribution in [0.1, 0.15) is 170 Å². The first kappa shape index (κ1) is 77.1. The molecule has 0 radical (unpaired) electrons. The van der Waals surface area contributed by atoms with E-state index in [0.29, 0.717) is 76.4 Å². The van der Waals surface area contributed by atoms with E-state index in [1.807, 2.05) is 84.3 Å². The third-order valence-corrected chi connectivity index (χ3v) is 25.2. The van der Waals surface area contributed by atoms with E-state index in [9.17, 15) is 28.8 Å². The molecule has 9 aromatic rings. The third kappa shape index (κ3) is 15.2. The van der Waals surface area contributed by atoms with Gasteiger partial charge in [0.25, 0.3) is 0 Å². The monoisotopic (exact) mass is 1540 g/mol. The number of amides is 3. The number of alkyl carbamates (subject to hydrolysis) is 3. The van der Waals surface area contributed by atoms with Crippen molar-refractivity contribution in [2.24, 2.45) is 51.4 Å². The van der Waals surface area contributed by atoms with Gasteiger partial charge in [0, 0.05) is 90.0 Å². The third-order valence-electron chi connectivity index (χ3n) is 25.2. The Hall–Kier alpha value is -10.8. The fourth-order valence-electron chi connectivity index (χ4n) is 19.4. The molecule has 11 atom stereocenters. The number of aliphatic imine (C=N–C) groups is 2. The maximum absolute atomic E-state index is 14.2. The van der Waals surface area contributed by atoms with Crippen LogP contribution in [-0.2, 0) is 64.1 Å². The van der Waals surface area contributed by atoms with E-state index in [4.69, 9.17) is 53.1 Å². The number of ketones is 3. The van der Waals surface area contributed by atoms with Crippen LogP contribution in [0.3, 0.4) is 0 Å². The number of hydrogen-bond donors (Lipinski definition) is 5. The average Bonchev–Trinajstić information content (AvgIpc) is 1.34. The van der Waals surface area contributed by atoms with Crippen LogP contribution in [0.5, 0.6) is 11.5 Å². The summed E-state index contributed by atoms with van der Waals surface area (Å²) in [5.74, 6) is 2.62. The molecular weight excluding hydrogens is 1440 g/mol. The van der Waals surface area contributed by atoms with Gasteiger partial charge in [-0.05, 0) is 197 Å². The van der Waals surface area contributed by atoms with Crippen LogP contribution in [0.15, 0.2) is 138 Å². The standard InChI is InChI=1S/C51H55N5O8.C41H46N4O5/c1-6-63-32-21-37(40(22-32)48(58)45(27(2)3)55-50(59)61-4)42-23-38-36-24-44-39(20-29(36)16-18-41(38)53-42)33-17-15-30(19-31(33)26-64-44)43-25-52-49(54-43)35-14-10-13-34(35)47(57)46(56-51(60)62-5)28-11-8-7-9-12-28;1-5-49-27-16-30(33(17-27)39(46)38(22(2)3)45-41(47)48-4)35-18-31-29-19-37-32(15-24(29)11-13-34(31)43-35)28-12-10-25(14-26(28)21-50-37)36-20-42-40(44-36)23-8-6-7-9-23/h7-9,11-12,15-20,24-25,27,32,34-35,37,40,45-46H,6,10,13-14,21-23,26H2,1-5H3,(H,52,54)(H,55,59)(H,56,60);10-15,19-20,22-23,27,30,33,38H,5-9,16-18,21H2,1-4H3,(H,42,44)(H,45,47)/t32-,34?,35+,37+,40?,45-,46+;27-,30+,33?,38-/m00/s1. The molecule has 0 saturated heterocycles. The van der Waals surface area contributed by atoms with E-state index in [-0.39, 0.29) is 76.9 Å². The first-order chi connectivity index (χ1) is 55.3. The normalized spacial score (nSPS) is 21.8. The number of imidazole rings is 2. The summed E-state index contributed by atoms with van der Waals surface area (Å²) in [7, 11) is 3.92. The van der Waals surface area contributed by atoms with Gasteiger partial charge in [-0.2, -0.15) is 0 Å². The number of rotatable bonds is 22. The highest BCUT2D eigenvalue weighted by Crippen LogP contribution is 2.51. The summed E-state index contributed by atoms with van der Waals surface area (Å²) in [6.07, 6.45) is 13.2. The van der Waals surface area contributed by atoms with E-state index in [1.165, 1.54) is 63.7 Å². The summed E-state index contributed by atoms with van der Waals surface area (Å²) in [6.45, 7) is 13.8. The Balaban J connectivity index is 0.000000177. The van der Waals surface area contributed by atoms with Crippen molar-refractivity contribution in [2.45, 2.75) is 180 Å². The maximum Gasteiger partial charge on any atom is 0.407 e. The van der Waals surface area contributed by atoms with Crippen LogP contribution >= 0.6 is 0 Å². The zero-order chi connectivity index (χ0) is 79.2. The molecule has 2 aromatic heterocycles. The number of aromatic nitrogens is 4. The zero-order valence-corrected chi connectivity index (χ0v) is 66.3. The van der Waals surface area contributed by atoms with E-state index >= 15 is 0 Å². The number of carbonyl (C=O) groups excluding carboxylic acids is 6. The minimum absolute atomic E-state index is 0.00798. The molecule has 5 N–H and O–H groups in total. The lowest BCUT2D eigenvalue weighted by Gasteiger charge is -2.26. The number of methoxy groups -OCH3 is 3. The molecule has 4 saturated carbocycles. The fraction of sp³-hybridized carbons (Fsp3) is 0.435. The number of aromatic amines is 2. The summed E-state index contributed by atoms with van der Waals surface area (Å²) in [5, 5.41) is 12.8. The predicted molar refractivity (Wildman–Crippen MR) is 437 cm³/mol. The summed E-state index contributed by atoms with van der Waals surface area (Å²) >= 11 is 0. The number of hydrogen-bond acceptors (Lipinski definition) is 17. The minimum Gasteiger partial charge on any atom is -0.488 e. The molecular formula is C92H101N9O13. The zero-order valence-electron chi connectivity index (χ0n) is 66.3. The van der Waals surface area contributed by atoms with Crippen LogP contribution in [0.25, 0.3) is 66.3 Å². The van der Waals surface area contributed by atoms with Gasteiger partial charge >= 0.3 is 18.3 Å². The van der Waals surface area contributed by atoms with Crippen LogP contribution in [-0.4, -0.2) is 126 Å². The van der Waals surface area contributed by atoms with Crippen molar-refractivity contribution in [3.8, 4) is 56.3 Å². The molecule has 4 aliphatic carbocycles. The Kier molecular flexibility index (Phi) is 22.3. The van der Waals surface area contributed by atoms with Gasteiger partial charge in [0.2, 0.25) is 0 Å². The number of nitrogens with zero attached hydrogens (tertiary/aromatic N) is 4. The number of ether oxygens (including phenoxy) is 7. The summed E-state index contributed by atoms with van der Waals surface area (Å²) in [5.41, 5.74) is 17.5. The fourth-order valence-corrected chi connectivity index (χ4v) is 19.4. The second-order valence-electron chi connectivity index (χ2n) is 32.6. The van der Waals surface area contributed by atoms with Gasteiger partial charge in [-0.3, -0.25) is 24.4 Å². The van der Waals surface area contributed by atoms with Gasteiger partial charge < -0.3 is 59.1 Å². The smallest absolute Gasteiger partial charge is 0.407 e. The van der Waals surface area contributed by atoms with Gasteiger partial charge in [0.15, 0.2) is 17.3 Å². The van der Waals surface area contributed by atoms with E-state index in [0.717, 1.165) is 137 Å². The van der Waals surface area contributed by atoms with E-state index < -0.39 is 36.4 Å². The molecule has 0 spiro atoms. The van der Waals surface area contributed by atoms with E-state index in [2.05, 4.69) is 111 Å². The SMILES string of the molecule is CCO[C@@H]1CC(C(=O)[C@@H](NC(=O)OC)C(C)C)[C@H](C2=Nc3ccc4cc5c(cc4c3C2)OCc2cc(-c3cnc(C4CCCC4)[nH]3)ccc2-5)C1.CCO[C@@H]1CC(C(=O)[C@@H](NC(=O)OC)C(C)C)[C@H](C2=Nc3ccc4cc5c(cc4c3C2)OCc2cc(-c3cnc([C@@H]4CCCC4C(=O)[C@H](NC(=O)OC)c4ccccc4)[nH]3)ccc2-5)C1. The molecule has 8 aliphatic rings. The van der Waals surface area contributed by atoms with Gasteiger partial charge in [-0.15, -0.1) is 0 Å². The van der Waals surface area contributed by atoms with Crippen LogP contribution in [0, 0.1) is 41.4 Å². The number of H-pyrrole nitrogens is 2. The molecule has 0 bridgehead atoms. The van der Waals surface area contributed by atoms with Crippen LogP contribution in [0.2, 0.25) is 0 Å². The highest BCUT2D eigenvalue weighted by molar-refractivity contribution is 6.08. The molecule has 22 heteroatoms. The quantitative estimate of drug-likeness (QED) is 0.0394. The van der Waals surface area contributed by atoms with Crippen molar-refractivity contribution in [3.05, 3.63) is 167 Å². The molecule has 7 aromatic carbocycles. The van der Waals surface area contributed by atoms with Crippen molar-refractivity contribution >= 4 is 80.0 Å². The predicted octanol–water partition coefficient (Wildman–Crippen LogP) is 17.8. The minimum atomic E-state index is -0.821. The molecule has 22 nitrogen and oxygen atoms in total. The molecule has 6 heterocycles. The Morgan fingerprint density at radius 3 is 1.46 bits per heavy atom.